The molecule has 0 radical (unpaired) electrons. The molecular weight excluding hydrogens is 216 g/mol. The van der Waals surface area contributed by atoms with E-state index in [0.29, 0.717) is 12.0 Å². The molecule has 0 saturated carbocycles. The van der Waals surface area contributed by atoms with Crippen LogP contribution in [0.15, 0.2) is 12.4 Å². The third-order valence-corrected chi connectivity index (χ3v) is 3.48. The standard InChI is InChI=1S/C12H22N4O/c1-3-16-7-10(6-14-16)5-12(15-13)11-4-9(2)17-8-11/h6-7,9,11-12,15H,3-5,8,13H2,1-2H3. The van der Waals surface area contributed by atoms with E-state index in [1.54, 1.807) is 0 Å². The first-order valence-electron chi connectivity index (χ1n) is 6.32. The quantitative estimate of drug-likeness (QED) is 0.585. The van der Waals surface area contributed by atoms with Gasteiger partial charge in [0.25, 0.3) is 0 Å². The normalized spacial score (nSPS) is 26.3. The lowest BCUT2D eigenvalue weighted by Gasteiger charge is -2.20. The van der Waals surface area contributed by atoms with E-state index in [4.69, 9.17) is 10.6 Å². The van der Waals surface area contributed by atoms with Gasteiger partial charge in [0.1, 0.15) is 0 Å². The number of hydrazine groups is 1. The molecule has 3 unspecified atom stereocenters. The van der Waals surface area contributed by atoms with E-state index < -0.39 is 0 Å². The van der Waals surface area contributed by atoms with Gasteiger partial charge in [-0.3, -0.25) is 16.0 Å². The van der Waals surface area contributed by atoms with Crippen LogP contribution in [0.5, 0.6) is 0 Å². The number of nitrogens with two attached hydrogens (primary N) is 1. The fourth-order valence-electron chi connectivity index (χ4n) is 2.43. The number of hydrogen-bond acceptors (Lipinski definition) is 4. The predicted molar refractivity (Wildman–Crippen MR) is 66.2 cm³/mol. The SMILES string of the molecule is CCn1cc(CC(NN)C2COC(C)C2)cn1. The fourth-order valence-corrected chi connectivity index (χ4v) is 2.43. The van der Waals surface area contributed by atoms with Gasteiger partial charge in [-0.2, -0.15) is 5.10 Å². The molecular formula is C12H22N4O. The Kier molecular flexibility index (Phi) is 4.15. The molecule has 3 N–H and O–H groups in total. The molecule has 0 aromatic carbocycles. The van der Waals surface area contributed by atoms with Crippen molar-refractivity contribution in [1.82, 2.24) is 15.2 Å². The smallest absolute Gasteiger partial charge is 0.0551 e. The van der Waals surface area contributed by atoms with Gasteiger partial charge in [-0.05, 0) is 32.3 Å². The van der Waals surface area contributed by atoms with Crippen LogP contribution in [0.25, 0.3) is 0 Å². The van der Waals surface area contributed by atoms with Crippen molar-refractivity contribution in [1.29, 1.82) is 0 Å². The monoisotopic (exact) mass is 238 g/mol. The zero-order chi connectivity index (χ0) is 12.3. The van der Waals surface area contributed by atoms with Crippen LogP contribution >= 0.6 is 0 Å². The minimum absolute atomic E-state index is 0.273. The highest BCUT2D eigenvalue weighted by atomic mass is 16.5. The lowest BCUT2D eigenvalue weighted by Crippen LogP contribution is -2.42. The highest BCUT2D eigenvalue weighted by Crippen LogP contribution is 2.23. The molecule has 96 valence electrons. The first-order valence-corrected chi connectivity index (χ1v) is 6.32. The van der Waals surface area contributed by atoms with Crippen molar-refractivity contribution in [3.63, 3.8) is 0 Å². The van der Waals surface area contributed by atoms with Crippen molar-refractivity contribution in [3.05, 3.63) is 18.0 Å². The molecule has 1 fully saturated rings. The summed E-state index contributed by atoms with van der Waals surface area (Å²) in [5.74, 6) is 6.15. The summed E-state index contributed by atoms with van der Waals surface area (Å²) in [5, 5.41) is 4.28. The lowest BCUT2D eigenvalue weighted by atomic mass is 9.93. The summed E-state index contributed by atoms with van der Waals surface area (Å²) < 4.78 is 7.54. The van der Waals surface area contributed by atoms with E-state index in [-0.39, 0.29) is 6.04 Å². The Morgan fingerprint density at radius 1 is 1.71 bits per heavy atom. The van der Waals surface area contributed by atoms with E-state index in [2.05, 4.69) is 30.6 Å². The first kappa shape index (κ1) is 12.5. The largest absolute Gasteiger partial charge is 0.378 e. The number of nitrogens with zero attached hydrogens (tertiary/aromatic N) is 2. The van der Waals surface area contributed by atoms with Gasteiger partial charge in [0.05, 0.1) is 18.9 Å². The number of hydrogen-bond donors (Lipinski definition) is 2. The zero-order valence-electron chi connectivity index (χ0n) is 10.6. The molecule has 1 aromatic heterocycles. The second-order valence-electron chi connectivity index (χ2n) is 4.82. The zero-order valence-corrected chi connectivity index (χ0v) is 10.6. The molecule has 1 aromatic rings. The Morgan fingerprint density at radius 3 is 3.06 bits per heavy atom. The summed E-state index contributed by atoms with van der Waals surface area (Å²) in [5.41, 5.74) is 4.15. The maximum Gasteiger partial charge on any atom is 0.0551 e. The Hall–Kier alpha value is -0.910. The van der Waals surface area contributed by atoms with Crippen molar-refractivity contribution in [2.75, 3.05) is 6.61 Å². The second-order valence-corrected chi connectivity index (χ2v) is 4.82. The topological polar surface area (TPSA) is 65.1 Å². The van der Waals surface area contributed by atoms with Gasteiger partial charge >= 0.3 is 0 Å². The minimum atomic E-state index is 0.273. The van der Waals surface area contributed by atoms with Gasteiger partial charge in [0.2, 0.25) is 0 Å². The third kappa shape index (κ3) is 3.06. The van der Waals surface area contributed by atoms with E-state index in [9.17, 15) is 0 Å². The van der Waals surface area contributed by atoms with E-state index >= 15 is 0 Å². The van der Waals surface area contributed by atoms with Gasteiger partial charge in [0.15, 0.2) is 0 Å². The highest BCUT2D eigenvalue weighted by molar-refractivity contribution is 5.07. The third-order valence-electron chi connectivity index (χ3n) is 3.48. The van der Waals surface area contributed by atoms with Crippen LogP contribution in [-0.2, 0) is 17.7 Å². The maximum absolute atomic E-state index is 5.65. The van der Waals surface area contributed by atoms with E-state index in [1.165, 1.54) is 5.56 Å². The summed E-state index contributed by atoms with van der Waals surface area (Å²) in [4.78, 5) is 0. The van der Waals surface area contributed by atoms with Crippen LogP contribution in [0, 0.1) is 5.92 Å². The van der Waals surface area contributed by atoms with Crippen LogP contribution in [0.1, 0.15) is 25.8 Å². The summed E-state index contributed by atoms with van der Waals surface area (Å²) >= 11 is 0. The van der Waals surface area contributed by atoms with Crippen molar-refractivity contribution < 1.29 is 4.74 Å². The van der Waals surface area contributed by atoms with E-state index in [1.807, 2.05) is 10.9 Å². The molecule has 0 aliphatic carbocycles. The molecule has 1 aliphatic rings. The van der Waals surface area contributed by atoms with Crippen molar-refractivity contribution >= 4 is 0 Å². The number of rotatable bonds is 5. The maximum atomic E-state index is 5.65. The number of aryl methyl sites for hydroxylation is 1. The lowest BCUT2D eigenvalue weighted by molar-refractivity contribution is 0.117. The molecule has 0 amide bonds. The summed E-state index contributed by atoms with van der Waals surface area (Å²) in [6.07, 6.45) is 6.36. The van der Waals surface area contributed by atoms with Crippen LogP contribution in [0.2, 0.25) is 0 Å². The molecule has 3 atom stereocenters. The van der Waals surface area contributed by atoms with Crippen molar-refractivity contribution in [3.8, 4) is 0 Å². The van der Waals surface area contributed by atoms with Crippen molar-refractivity contribution in [2.45, 2.75) is 45.4 Å². The summed E-state index contributed by atoms with van der Waals surface area (Å²) in [6, 6.07) is 0.273. The number of ether oxygens (including phenoxy) is 1. The average Bonchev–Trinajstić information content (AvgIpc) is 2.94. The molecule has 2 heterocycles. The second kappa shape index (κ2) is 5.62. The van der Waals surface area contributed by atoms with Crippen LogP contribution in [-0.4, -0.2) is 28.5 Å². The minimum Gasteiger partial charge on any atom is -0.378 e. The molecule has 0 bridgehead atoms. The van der Waals surface area contributed by atoms with Crippen molar-refractivity contribution in [2.24, 2.45) is 11.8 Å². The van der Waals surface area contributed by atoms with Gasteiger partial charge in [-0.15, -0.1) is 0 Å². The molecule has 5 nitrogen and oxygen atoms in total. The summed E-state index contributed by atoms with van der Waals surface area (Å²) in [6.45, 7) is 5.91. The molecule has 5 heteroatoms. The van der Waals surface area contributed by atoms with Crippen LogP contribution < -0.4 is 11.3 Å². The van der Waals surface area contributed by atoms with Gasteiger partial charge < -0.3 is 4.74 Å². The Bertz CT molecular complexity index is 352. The Labute approximate surface area is 102 Å². The first-order chi connectivity index (χ1) is 8.22. The van der Waals surface area contributed by atoms with Gasteiger partial charge in [-0.1, -0.05) is 0 Å². The molecule has 1 aliphatic heterocycles. The van der Waals surface area contributed by atoms with Crippen LogP contribution in [0.4, 0.5) is 0 Å². The van der Waals surface area contributed by atoms with Gasteiger partial charge in [0, 0.05) is 24.7 Å². The molecule has 2 rings (SSSR count). The number of nitrogens with one attached hydrogen (secondary N) is 1. The molecule has 0 spiro atoms. The van der Waals surface area contributed by atoms with Crippen LogP contribution in [0.3, 0.4) is 0 Å². The van der Waals surface area contributed by atoms with E-state index in [0.717, 1.165) is 26.0 Å². The molecule has 1 saturated heterocycles. The summed E-state index contributed by atoms with van der Waals surface area (Å²) in [7, 11) is 0. The Balaban J connectivity index is 1.95. The Morgan fingerprint density at radius 2 is 2.53 bits per heavy atom. The number of aromatic nitrogens is 2. The van der Waals surface area contributed by atoms with Gasteiger partial charge in [-0.25, -0.2) is 0 Å². The fraction of sp³-hybridized carbons (Fsp3) is 0.750. The highest BCUT2D eigenvalue weighted by Gasteiger charge is 2.29. The predicted octanol–water partition coefficient (Wildman–Crippen LogP) is 0.702. The average molecular weight is 238 g/mol. The molecule has 17 heavy (non-hydrogen) atoms.